The van der Waals surface area contributed by atoms with Gasteiger partial charge in [-0.1, -0.05) is 63.6 Å². The standard InChI is InChI=1S/C19H29NO2/c1-4-6-13-20(14-7-5-2)19(21)16-22-15-17(3)18-11-9-8-10-12-18/h8-12H,3-7,13-16H2,1-2H3. The van der Waals surface area contributed by atoms with E-state index in [2.05, 4.69) is 20.4 Å². The minimum absolute atomic E-state index is 0.0859. The van der Waals surface area contributed by atoms with Gasteiger partial charge in [-0.05, 0) is 24.0 Å². The van der Waals surface area contributed by atoms with Gasteiger partial charge in [0.05, 0.1) is 6.61 Å². The Morgan fingerprint density at radius 3 is 2.18 bits per heavy atom. The fraction of sp³-hybridized carbons (Fsp3) is 0.526. The van der Waals surface area contributed by atoms with Gasteiger partial charge in [-0.2, -0.15) is 0 Å². The predicted molar refractivity (Wildman–Crippen MR) is 92.7 cm³/mol. The lowest BCUT2D eigenvalue weighted by Gasteiger charge is -2.22. The maximum Gasteiger partial charge on any atom is 0.248 e. The molecule has 0 bridgehead atoms. The van der Waals surface area contributed by atoms with Crippen LogP contribution in [-0.4, -0.2) is 37.1 Å². The normalized spacial score (nSPS) is 10.5. The summed E-state index contributed by atoms with van der Waals surface area (Å²) < 4.78 is 5.56. The van der Waals surface area contributed by atoms with Gasteiger partial charge in [0.25, 0.3) is 0 Å². The molecule has 0 aliphatic rings. The van der Waals surface area contributed by atoms with E-state index in [0.29, 0.717) is 6.61 Å². The van der Waals surface area contributed by atoms with Crippen LogP contribution in [0.1, 0.15) is 45.1 Å². The molecule has 0 unspecified atom stereocenters. The number of nitrogens with zero attached hydrogens (tertiary/aromatic N) is 1. The van der Waals surface area contributed by atoms with Gasteiger partial charge >= 0.3 is 0 Å². The van der Waals surface area contributed by atoms with Gasteiger partial charge in [0, 0.05) is 13.1 Å². The molecular weight excluding hydrogens is 274 g/mol. The first kappa shape index (κ1) is 18.4. The Morgan fingerprint density at radius 2 is 1.64 bits per heavy atom. The fourth-order valence-electron chi connectivity index (χ4n) is 2.17. The summed E-state index contributed by atoms with van der Waals surface area (Å²) in [5.74, 6) is 0.0859. The number of unbranched alkanes of at least 4 members (excludes halogenated alkanes) is 2. The molecule has 0 radical (unpaired) electrons. The average Bonchev–Trinajstić information content (AvgIpc) is 2.55. The highest BCUT2D eigenvalue weighted by Crippen LogP contribution is 2.11. The number of benzene rings is 1. The summed E-state index contributed by atoms with van der Waals surface area (Å²) in [6, 6.07) is 9.93. The summed E-state index contributed by atoms with van der Waals surface area (Å²) in [6.07, 6.45) is 4.29. The molecule has 0 spiro atoms. The third-order valence-electron chi connectivity index (χ3n) is 3.60. The van der Waals surface area contributed by atoms with Crippen LogP contribution in [0.3, 0.4) is 0 Å². The molecule has 0 aliphatic heterocycles. The van der Waals surface area contributed by atoms with Gasteiger partial charge in [-0.15, -0.1) is 0 Å². The van der Waals surface area contributed by atoms with Crippen molar-refractivity contribution in [3.05, 3.63) is 42.5 Å². The van der Waals surface area contributed by atoms with E-state index in [1.165, 1.54) is 0 Å². The lowest BCUT2D eigenvalue weighted by Crippen LogP contribution is -2.35. The number of amides is 1. The molecule has 0 N–H and O–H groups in total. The second-order valence-corrected chi connectivity index (χ2v) is 5.55. The van der Waals surface area contributed by atoms with E-state index < -0.39 is 0 Å². The van der Waals surface area contributed by atoms with Crippen LogP contribution >= 0.6 is 0 Å². The molecule has 0 heterocycles. The molecule has 1 aromatic carbocycles. The smallest absolute Gasteiger partial charge is 0.248 e. The molecule has 3 nitrogen and oxygen atoms in total. The zero-order chi connectivity index (χ0) is 16.2. The van der Waals surface area contributed by atoms with Crippen molar-refractivity contribution in [3.63, 3.8) is 0 Å². The summed E-state index contributed by atoms with van der Waals surface area (Å²) >= 11 is 0. The molecule has 0 saturated carbocycles. The van der Waals surface area contributed by atoms with E-state index in [4.69, 9.17) is 4.74 Å². The maximum absolute atomic E-state index is 12.2. The Bertz CT molecular complexity index is 434. The second kappa shape index (κ2) is 11.0. The molecule has 0 saturated heterocycles. The zero-order valence-electron chi connectivity index (χ0n) is 14.0. The third kappa shape index (κ3) is 6.90. The highest BCUT2D eigenvalue weighted by atomic mass is 16.5. The largest absolute Gasteiger partial charge is 0.367 e. The van der Waals surface area contributed by atoms with E-state index in [1.54, 1.807) is 0 Å². The Balaban J connectivity index is 2.37. The Morgan fingerprint density at radius 1 is 1.05 bits per heavy atom. The summed E-state index contributed by atoms with van der Waals surface area (Å²) in [7, 11) is 0. The van der Waals surface area contributed by atoms with Crippen molar-refractivity contribution >= 4 is 11.5 Å². The van der Waals surface area contributed by atoms with Crippen LogP contribution < -0.4 is 0 Å². The molecule has 1 rings (SSSR count). The van der Waals surface area contributed by atoms with Crippen LogP contribution in [0.25, 0.3) is 5.57 Å². The van der Waals surface area contributed by atoms with Gasteiger partial charge < -0.3 is 9.64 Å². The van der Waals surface area contributed by atoms with Crippen molar-refractivity contribution < 1.29 is 9.53 Å². The molecule has 3 heteroatoms. The van der Waals surface area contributed by atoms with Gasteiger partial charge in [-0.3, -0.25) is 4.79 Å². The number of hydrogen-bond acceptors (Lipinski definition) is 2. The van der Waals surface area contributed by atoms with Gasteiger partial charge in [0.2, 0.25) is 5.91 Å². The Kier molecular flexibility index (Phi) is 9.24. The third-order valence-corrected chi connectivity index (χ3v) is 3.60. The van der Waals surface area contributed by atoms with Crippen LogP contribution in [0.5, 0.6) is 0 Å². The molecule has 1 amide bonds. The first-order valence-corrected chi connectivity index (χ1v) is 8.27. The van der Waals surface area contributed by atoms with Crippen LogP contribution in [0.4, 0.5) is 0 Å². The summed E-state index contributed by atoms with van der Waals surface area (Å²) in [6.45, 7) is 10.5. The Labute approximate surface area is 135 Å². The number of carbonyl (C=O) groups excluding carboxylic acids is 1. The van der Waals surface area contributed by atoms with Crippen molar-refractivity contribution in [1.82, 2.24) is 4.90 Å². The van der Waals surface area contributed by atoms with Crippen molar-refractivity contribution in [1.29, 1.82) is 0 Å². The van der Waals surface area contributed by atoms with Crippen LogP contribution in [0, 0.1) is 0 Å². The summed E-state index contributed by atoms with van der Waals surface area (Å²) in [5, 5.41) is 0. The Hall–Kier alpha value is -1.61. The lowest BCUT2D eigenvalue weighted by molar-refractivity contribution is -0.135. The van der Waals surface area contributed by atoms with Crippen molar-refractivity contribution in [2.45, 2.75) is 39.5 Å². The minimum atomic E-state index is 0.0859. The van der Waals surface area contributed by atoms with Gasteiger partial charge in [-0.25, -0.2) is 0 Å². The molecule has 0 aliphatic carbocycles. The van der Waals surface area contributed by atoms with Gasteiger partial charge in [0.1, 0.15) is 6.61 Å². The molecule has 22 heavy (non-hydrogen) atoms. The summed E-state index contributed by atoms with van der Waals surface area (Å²) in [4.78, 5) is 14.2. The van der Waals surface area contributed by atoms with E-state index >= 15 is 0 Å². The van der Waals surface area contributed by atoms with Gasteiger partial charge in [0.15, 0.2) is 0 Å². The molecule has 0 aromatic heterocycles. The topological polar surface area (TPSA) is 29.5 Å². The first-order chi connectivity index (χ1) is 10.7. The van der Waals surface area contributed by atoms with Crippen LogP contribution in [-0.2, 0) is 9.53 Å². The number of carbonyl (C=O) groups is 1. The van der Waals surface area contributed by atoms with E-state index in [9.17, 15) is 4.79 Å². The molecule has 0 fully saturated rings. The fourth-order valence-corrected chi connectivity index (χ4v) is 2.17. The van der Waals surface area contributed by atoms with Crippen molar-refractivity contribution in [3.8, 4) is 0 Å². The molecule has 0 atom stereocenters. The highest BCUT2D eigenvalue weighted by Gasteiger charge is 2.12. The second-order valence-electron chi connectivity index (χ2n) is 5.55. The number of rotatable bonds is 11. The van der Waals surface area contributed by atoms with Crippen LogP contribution in [0.2, 0.25) is 0 Å². The zero-order valence-corrected chi connectivity index (χ0v) is 14.0. The van der Waals surface area contributed by atoms with E-state index in [1.807, 2.05) is 35.2 Å². The molecular formula is C19H29NO2. The van der Waals surface area contributed by atoms with Crippen molar-refractivity contribution in [2.75, 3.05) is 26.3 Å². The highest BCUT2D eigenvalue weighted by molar-refractivity contribution is 5.77. The van der Waals surface area contributed by atoms with Crippen molar-refractivity contribution in [2.24, 2.45) is 0 Å². The van der Waals surface area contributed by atoms with Crippen LogP contribution in [0.15, 0.2) is 36.9 Å². The minimum Gasteiger partial charge on any atom is -0.367 e. The maximum atomic E-state index is 12.2. The van der Waals surface area contributed by atoms with E-state index in [-0.39, 0.29) is 12.5 Å². The summed E-state index contributed by atoms with van der Waals surface area (Å²) in [5.41, 5.74) is 1.96. The monoisotopic (exact) mass is 303 g/mol. The SMILES string of the molecule is C=C(COCC(=O)N(CCCC)CCCC)c1ccccc1. The first-order valence-electron chi connectivity index (χ1n) is 8.27. The predicted octanol–water partition coefficient (Wildman–Crippen LogP) is 4.15. The van der Waals surface area contributed by atoms with E-state index in [0.717, 1.165) is 49.9 Å². The lowest BCUT2D eigenvalue weighted by atomic mass is 10.1. The average molecular weight is 303 g/mol. The molecule has 122 valence electrons. The number of ether oxygens (including phenoxy) is 1. The molecule has 1 aromatic rings. The number of hydrogen-bond donors (Lipinski definition) is 0. The quantitative estimate of drug-likeness (QED) is 0.615.